The van der Waals surface area contributed by atoms with E-state index in [9.17, 15) is 5.11 Å². The lowest BCUT2D eigenvalue weighted by atomic mass is 10.1. The van der Waals surface area contributed by atoms with Crippen molar-refractivity contribution in [2.24, 2.45) is 0 Å². The van der Waals surface area contributed by atoms with Crippen LogP contribution in [-0.4, -0.2) is 42.8 Å². The van der Waals surface area contributed by atoms with Gasteiger partial charge in [-0.1, -0.05) is 23.2 Å². The third kappa shape index (κ3) is 3.73. The second-order valence-corrected chi connectivity index (χ2v) is 4.99. The standard InChI is InChI=1S/C12H16Cl2N2O.ClH/c13-9-1-2-11(14)10(7-9)12(8-17)16-5-3-15-4-6-16;/h1-2,7,12,15,17H,3-6,8H2;1H/t12-;/m0./s1. The molecule has 0 spiro atoms. The smallest absolute Gasteiger partial charge is 0.0629 e. The molecule has 0 aliphatic carbocycles. The van der Waals surface area contributed by atoms with E-state index >= 15 is 0 Å². The lowest BCUT2D eigenvalue weighted by Gasteiger charge is -2.34. The van der Waals surface area contributed by atoms with Crippen molar-refractivity contribution in [3.8, 4) is 0 Å². The number of benzene rings is 1. The summed E-state index contributed by atoms with van der Waals surface area (Å²) < 4.78 is 0. The van der Waals surface area contributed by atoms with Gasteiger partial charge in [0.05, 0.1) is 12.6 Å². The predicted molar refractivity (Wildman–Crippen MR) is 78.0 cm³/mol. The number of nitrogens with zero attached hydrogens (tertiary/aromatic N) is 1. The van der Waals surface area contributed by atoms with Crippen molar-refractivity contribution < 1.29 is 5.11 Å². The fraction of sp³-hybridized carbons (Fsp3) is 0.500. The van der Waals surface area contributed by atoms with Crippen LogP contribution in [0.25, 0.3) is 0 Å². The van der Waals surface area contributed by atoms with Gasteiger partial charge in [0.1, 0.15) is 0 Å². The highest BCUT2D eigenvalue weighted by Gasteiger charge is 2.23. The zero-order valence-corrected chi connectivity index (χ0v) is 12.2. The molecule has 0 aromatic heterocycles. The van der Waals surface area contributed by atoms with Gasteiger partial charge in [-0.3, -0.25) is 4.90 Å². The van der Waals surface area contributed by atoms with Gasteiger partial charge in [-0.05, 0) is 23.8 Å². The molecule has 3 nitrogen and oxygen atoms in total. The number of piperazine rings is 1. The second kappa shape index (κ2) is 7.53. The van der Waals surface area contributed by atoms with E-state index < -0.39 is 0 Å². The van der Waals surface area contributed by atoms with Crippen LogP contribution in [0.2, 0.25) is 10.0 Å². The topological polar surface area (TPSA) is 35.5 Å². The molecule has 1 saturated heterocycles. The Balaban J connectivity index is 0.00000162. The van der Waals surface area contributed by atoms with Crippen LogP contribution in [0, 0.1) is 0 Å². The molecule has 0 amide bonds. The first-order chi connectivity index (χ1) is 8.22. The number of aliphatic hydroxyl groups excluding tert-OH is 1. The first-order valence-corrected chi connectivity index (χ1v) is 6.48. The quantitative estimate of drug-likeness (QED) is 0.899. The highest BCUT2D eigenvalue weighted by Crippen LogP contribution is 2.30. The maximum atomic E-state index is 9.58. The summed E-state index contributed by atoms with van der Waals surface area (Å²) in [4.78, 5) is 2.23. The van der Waals surface area contributed by atoms with Crippen LogP contribution in [-0.2, 0) is 0 Å². The summed E-state index contributed by atoms with van der Waals surface area (Å²) in [6.07, 6.45) is 0. The van der Waals surface area contributed by atoms with Crippen LogP contribution in [0.1, 0.15) is 11.6 Å². The maximum Gasteiger partial charge on any atom is 0.0629 e. The molecule has 1 atom stereocenters. The number of nitrogens with one attached hydrogen (secondary N) is 1. The van der Waals surface area contributed by atoms with Gasteiger partial charge in [-0.2, -0.15) is 0 Å². The van der Waals surface area contributed by atoms with Crippen LogP contribution in [0.4, 0.5) is 0 Å². The molecular weight excluding hydrogens is 295 g/mol. The van der Waals surface area contributed by atoms with Crippen LogP contribution < -0.4 is 5.32 Å². The minimum atomic E-state index is -0.0664. The number of aliphatic hydroxyl groups is 1. The Kier molecular flexibility index (Phi) is 6.71. The summed E-state index contributed by atoms with van der Waals surface area (Å²) in [5, 5.41) is 14.2. The minimum absolute atomic E-state index is 0. The van der Waals surface area contributed by atoms with E-state index in [1.165, 1.54) is 0 Å². The molecular formula is C12H17Cl3N2O. The maximum absolute atomic E-state index is 9.58. The molecule has 1 aromatic carbocycles. The average molecular weight is 312 g/mol. The summed E-state index contributed by atoms with van der Waals surface area (Å²) in [6.45, 7) is 3.76. The van der Waals surface area contributed by atoms with Gasteiger partial charge in [0.25, 0.3) is 0 Å². The van der Waals surface area contributed by atoms with Crippen molar-refractivity contribution in [1.29, 1.82) is 0 Å². The summed E-state index contributed by atoms with van der Waals surface area (Å²) >= 11 is 12.2. The molecule has 1 aliphatic heterocycles. The highest BCUT2D eigenvalue weighted by molar-refractivity contribution is 6.33. The number of rotatable bonds is 3. The molecule has 102 valence electrons. The summed E-state index contributed by atoms with van der Waals surface area (Å²) in [6, 6.07) is 5.32. The van der Waals surface area contributed by atoms with Crippen molar-refractivity contribution in [3.63, 3.8) is 0 Å². The van der Waals surface area contributed by atoms with E-state index in [-0.39, 0.29) is 25.1 Å². The third-order valence-corrected chi connectivity index (χ3v) is 3.66. The third-order valence-electron chi connectivity index (χ3n) is 3.08. The van der Waals surface area contributed by atoms with Crippen molar-refractivity contribution in [3.05, 3.63) is 33.8 Å². The van der Waals surface area contributed by atoms with Gasteiger partial charge in [-0.25, -0.2) is 0 Å². The summed E-state index contributed by atoms with van der Waals surface area (Å²) in [5.74, 6) is 0. The van der Waals surface area contributed by atoms with Gasteiger partial charge >= 0.3 is 0 Å². The molecule has 6 heteroatoms. The summed E-state index contributed by atoms with van der Waals surface area (Å²) in [7, 11) is 0. The van der Waals surface area contributed by atoms with E-state index in [0.717, 1.165) is 31.7 Å². The number of hydrogen-bond acceptors (Lipinski definition) is 3. The Labute approximate surface area is 123 Å². The van der Waals surface area contributed by atoms with E-state index in [4.69, 9.17) is 23.2 Å². The van der Waals surface area contributed by atoms with E-state index in [1.807, 2.05) is 6.07 Å². The largest absolute Gasteiger partial charge is 0.394 e. The Bertz CT molecular complexity index is 384. The van der Waals surface area contributed by atoms with Crippen LogP contribution in [0.5, 0.6) is 0 Å². The lowest BCUT2D eigenvalue weighted by Crippen LogP contribution is -2.46. The first kappa shape index (κ1) is 16.0. The van der Waals surface area contributed by atoms with Gasteiger partial charge < -0.3 is 10.4 Å². The SMILES string of the molecule is Cl.OC[C@@H](c1cc(Cl)ccc1Cl)N1CCNCC1. The zero-order chi connectivity index (χ0) is 12.3. The van der Waals surface area contributed by atoms with Crippen molar-refractivity contribution in [1.82, 2.24) is 10.2 Å². The number of halogens is 3. The van der Waals surface area contributed by atoms with E-state index in [0.29, 0.717) is 10.0 Å². The van der Waals surface area contributed by atoms with Gasteiger partial charge in [0.2, 0.25) is 0 Å². The van der Waals surface area contributed by atoms with Crippen LogP contribution >= 0.6 is 35.6 Å². The normalized spacial score (nSPS) is 18.2. The predicted octanol–water partition coefficient (Wildman–Crippen LogP) is 2.35. The molecule has 1 aliphatic rings. The molecule has 0 saturated carbocycles. The molecule has 0 bridgehead atoms. The Morgan fingerprint density at radius 2 is 1.94 bits per heavy atom. The molecule has 1 aromatic rings. The van der Waals surface area contributed by atoms with Gasteiger partial charge in [0, 0.05) is 36.2 Å². The van der Waals surface area contributed by atoms with E-state index in [2.05, 4.69) is 10.2 Å². The average Bonchev–Trinajstić information content (AvgIpc) is 2.36. The fourth-order valence-corrected chi connectivity index (χ4v) is 2.60. The van der Waals surface area contributed by atoms with Gasteiger partial charge in [-0.15, -0.1) is 12.4 Å². The van der Waals surface area contributed by atoms with Crippen molar-refractivity contribution in [2.75, 3.05) is 32.8 Å². The minimum Gasteiger partial charge on any atom is -0.394 e. The molecule has 2 rings (SSSR count). The van der Waals surface area contributed by atoms with Crippen molar-refractivity contribution in [2.45, 2.75) is 6.04 Å². The second-order valence-electron chi connectivity index (χ2n) is 4.15. The lowest BCUT2D eigenvalue weighted by molar-refractivity contribution is 0.111. The molecule has 18 heavy (non-hydrogen) atoms. The van der Waals surface area contributed by atoms with Crippen LogP contribution in [0.15, 0.2) is 18.2 Å². The molecule has 1 heterocycles. The van der Waals surface area contributed by atoms with E-state index in [1.54, 1.807) is 12.1 Å². The van der Waals surface area contributed by atoms with Gasteiger partial charge in [0.15, 0.2) is 0 Å². The molecule has 1 fully saturated rings. The molecule has 0 radical (unpaired) electrons. The molecule has 2 N–H and O–H groups in total. The first-order valence-electron chi connectivity index (χ1n) is 5.73. The number of hydrogen-bond donors (Lipinski definition) is 2. The van der Waals surface area contributed by atoms with Crippen LogP contribution in [0.3, 0.4) is 0 Å². The summed E-state index contributed by atoms with van der Waals surface area (Å²) in [5.41, 5.74) is 0.906. The fourth-order valence-electron chi connectivity index (χ4n) is 2.17. The molecule has 0 unspecified atom stereocenters. The Hall–Kier alpha value is -0.0300. The highest BCUT2D eigenvalue weighted by atomic mass is 35.5. The monoisotopic (exact) mass is 310 g/mol. The Morgan fingerprint density at radius 1 is 1.28 bits per heavy atom. The zero-order valence-electron chi connectivity index (χ0n) is 9.90. The van der Waals surface area contributed by atoms with Crippen molar-refractivity contribution >= 4 is 35.6 Å². The Morgan fingerprint density at radius 3 is 2.56 bits per heavy atom.